The van der Waals surface area contributed by atoms with E-state index < -0.39 is 0 Å². The van der Waals surface area contributed by atoms with Crippen LogP contribution in [0.3, 0.4) is 0 Å². The highest BCUT2D eigenvalue weighted by Gasteiger charge is 2.03. The molecule has 0 N–H and O–H groups in total. The van der Waals surface area contributed by atoms with Crippen LogP contribution in [-0.2, 0) is 6.54 Å². The number of aromatic nitrogens is 2. The zero-order chi connectivity index (χ0) is 7.68. The summed E-state index contributed by atoms with van der Waals surface area (Å²) in [6, 6.07) is 1.84. The smallest absolute Gasteiger partial charge is 0.292 e. The van der Waals surface area contributed by atoms with E-state index in [2.05, 4.69) is 11.1 Å². The molecular weight excluding hydrogens is 140 g/mol. The molecule has 0 fully saturated rings. The number of nitrogens with zero attached hydrogens (tertiary/aromatic N) is 2. The van der Waals surface area contributed by atoms with Crippen LogP contribution < -0.4 is 5.69 Å². The summed E-state index contributed by atoms with van der Waals surface area (Å²) in [5.41, 5.74) is 0.808. The molecule has 0 atom stereocenters. The minimum Gasteiger partial charge on any atom is -0.292 e. The number of rotatable bonds is 0. The molecule has 0 unspecified atom stereocenters. The Morgan fingerprint density at radius 2 is 2.45 bits per heavy atom. The maximum atomic E-state index is 11.1. The van der Waals surface area contributed by atoms with Gasteiger partial charge >= 0.3 is 5.69 Å². The highest BCUT2D eigenvalue weighted by Crippen LogP contribution is 2.06. The van der Waals surface area contributed by atoms with Crippen molar-refractivity contribution in [2.75, 3.05) is 0 Å². The predicted octanol–water partition coefficient (Wildman–Crippen LogP) is 0.660. The van der Waals surface area contributed by atoms with E-state index >= 15 is 0 Å². The van der Waals surface area contributed by atoms with Gasteiger partial charge < -0.3 is 0 Å². The van der Waals surface area contributed by atoms with E-state index in [1.807, 2.05) is 12.1 Å². The molecule has 1 aliphatic rings. The van der Waals surface area contributed by atoms with Crippen LogP contribution in [0, 0.1) is 0 Å². The molecule has 0 amide bonds. The summed E-state index contributed by atoms with van der Waals surface area (Å²) in [5.74, 6) is 0. The second kappa shape index (κ2) is 2.34. The van der Waals surface area contributed by atoms with Crippen molar-refractivity contribution in [1.29, 1.82) is 0 Å². The Balaban J connectivity index is 2.69. The quantitative estimate of drug-likeness (QED) is 0.541. The fraction of sp³-hybridized carbons (Fsp3) is 0.250. The number of allylic oxidation sites excluding steroid dienone is 1. The van der Waals surface area contributed by atoms with Gasteiger partial charge in [-0.3, -0.25) is 4.57 Å². The minimum atomic E-state index is -0.146. The van der Waals surface area contributed by atoms with Crippen molar-refractivity contribution in [2.45, 2.75) is 13.0 Å². The molecule has 0 bridgehead atoms. The number of fused-ring (bicyclic) bond motifs is 1. The molecule has 3 heteroatoms. The van der Waals surface area contributed by atoms with E-state index in [1.54, 1.807) is 10.8 Å². The molecule has 2 heterocycles. The molecule has 56 valence electrons. The summed E-state index contributed by atoms with van der Waals surface area (Å²) in [6.07, 6.45) is 6.49. The molecule has 0 spiro atoms. The first-order valence-corrected chi connectivity index (χ1v) is 3.60. The van der Waals surface area contributed by atoms with Gasteiger partial charge in [-0.05, 0) is 18.6 Å². The topological polar surface area (TPSA) is 34.9 Å². The lowest BCUT2D eigenvalue weighted by molar-refractivity contribution is 0.642. The molecule has 3 nitrogen and oxygen atoms in total. The molecule has 0 saturated heterocycles. The van der Waals surface area contributed by atoms with Crippen molar-refractivity contribution < 1.29 is 0 Å². The van der Waals surface area contributed by atoms with Gasteiger partial charge in [-0.1, -0.05) is 6.08 Å². The molecule has 0 saturated carbocycles. The fourth-order valence-corrected chi connectivity index (χ4v) is 1.23. The Labute approximate surface area is 64.0 Å². The highest BCUT2D eigenvalue weighted by molar-refractivity contribution is 5.45. The van der Waals surface area contributed by atoms with Crippen LogP contribution in [-0.4, -0.2) is 9.55 Å². The summed E-state index contributed by atoms with van der Waals surface area (Å²) < 4.78 is 1.68. The average molecular weight is 148 g/mol. The lowest BCUT2D eigenvalue weighted by Crippen LogP contribution is -2.25. The SMILES string of the molecule is O=c1nccc2n1CCC=C2. The van der Waals surface area contributed by atoms with Gasteiger partial charge in [0.1, 0.15) is 0 Å². The van der Waals surface area contributed by atoms with E-state index in [0.29, 0.717) is 0 Å². The van der Waals surface area contributed by atoms with Crippen molar-refractivity contribution in [3.63, 3.8) is 0 Å². The zero-order valence-electron chi connectivity index (χ0n) is 6.03. The molecule has 11 heavy (non-hydrogen) atoms. The van der Waals surface area contributed by atoms with Crippen molar-refractivity contribution in [2.24, 2.45) is 0 Å². The van der Waals surface area contributed by atoms with Gasteiger partial charge in [0.15, 0.2) is 0 Å². The van der Waals surface area contributed by atoms with E-state index in [-0.39, 0.29) is 5.69 Å². The summed E-state index contributed by atoms with van der Waals surface area (Å²) in [6.45, 7) is 0.762. The maximum Gasteiger partial charge on any atom is 0.347 e. The molecule has 0 radical (unpaired) electrons. The third kappa shape index (κ3) is 0.981. The van der Waals surface area contributed by atoms with E-state index in [9.17, 15) is 4.79 Å². The number of hydrogen-bond donors (Lipinski definition) is 0. The fourth-order valence-electron chi connectivity index (χ4n) is 1.23. The standard InChI is InChI=1S/C8H8N2O/c11-8-9-5-4-7-3-1-2-6-10(7)8/h1,3-5H,2,6H2. The second-order valence-corrected chi connectivity index (χ2v) is 2.49. The first-order chi connectivity index (χ1) is 5.38. The van der Waals surface area contributed by atoms with Gasteiger partial charge in [0.2, 0.25) is 0 Å². The Morgan fingerprint density at radius 3 is 3.27 bits per heavy atom. The summed E-state index contributed by atoms with van der Waals surface area (Å²) in [4.78, 5) is 14.7. The van der Waals surface area contributed by atoms with Crippen LogP contribution in [0.15, 0.2) is 23.1 Å². The van der Waals surface area contributed by atoms with Gasteiger partial charge in [-0.25, -0.2) is 9.78 Å². The molecule has 1 aromatic heterocycles. The van der Waals surface area contributed by atoms with Crippen molar-refractivity contribution >= 4 is 6.08 Å². The van der Waals surface area contributed by atoms with Gasteiger partial charge in [0, 0.05) is 18.4 Å². The van der Waals surface area contributed by atoms with Crippen LogP contribution in [0.1, 0.15) is 12.1 Å². The van der Waals surface area contributed by atoms with Gasteiger partial charge in [0.25, 0.3) is 0 Å². The normalized spacial score (nSPS) is 14.5. The van der Waals surface area contributed by atoms with Gasteiger partial charge in [-0.15, -0.1) is 0 Å². The maximum absolute atomic E-state index is 11.1. The Kier molecular flexibility index (Phi) is 1.35. The highest BCUT2D eigenvalue weighted by atomic mass is 16.1. The van der Waals surface area contributed by atoms with Crippen LogP contribution in [0.4, 0.5) is 0 Å². The molecule has 1 aromatic rings. The van der Waals surface area contributed by atoms with Gasteiger partial charge in [-0.2, -0.15) is 0 Å². The number of hydrogen-bond acceptors (Lipinski definition) is 2. The third-order valence-electron chi connectivity index (χ3n) is 1.78. The van der Waals surface area contributed by atoms with Crippen LogP contribution in [0.2, 0.25) is 0 Å². The first kappa shape index (κ1) is 6.34. The van der Waals surface area contributed by atoms with Gasteiger partial charge in [0.05, 0.1) is 0 Å². The lowest BCUT2D eigenvalue weighted by atomic mass is 10.2. The van der Waals surface area contributed by atoms with Crippen LogP contribution >= 0.6 is 0 Å². The van der Waals surface area contributed by atoms with Crippen molar-refractivity contribution in [1.82, 2.24) is 9.55 Å². The summed E-state index contributed by atoms with van der Waals surface area (Å²) in [5, 5.41) is 0. The summed E-state index contributed by atoms with van der Waals surface area (Å²) >= 11 is 0. The summed E-state index contributed by atoms with van der Waals surface area (Å²) in [7, 11) is 0. The zero-order valence-corrected chi connectivity index (χ0v) is 6.03. The first-order valence-electron chi connectivity index (χ1n) is 3.60. The van der Waals surface area contributed by atoms with E-state index in [1.165, 1.54) is 0 Å². The Bertz CT molecular complexity index is 351. The molecular formula is C8H8N2O. The second-order valence-electron chi connectivity index (χ2n) is 2.49. The Morgan fingerprint density at radius 1 is 1.55 bits per heavy atom. The van der Waals surface area contributed by atoms with Crippen LogP contribution in [0.25, 0.3) is 6.08 Å². The monoisotopic (exact) mass is 148 g/mol. The third-order valence-corrected chi connectivity index (χ3v) is 1.78. The minimum absolute atomic E-state index is 0.146. The lowest BCUT2D eigenvalue weighted by Gasteiger charge is -2.10. The predicted molar refractivity (Wildman–Crippen MR) is 42.1 cm³/mol. The largest absolute Gasteiger partial charge is 0.347 e. The molecule has 1 aliphatic heterocycles. The average Bonchev–Trinajstić information content (AvgIpc) is 2.06. The van der Waals surface area contributed by atoms with Crippen LogP contribution in [0.5, 0.6) is 0 Å². The van der Waals surface area contributed by atoms with E-state index in [0.717, 1.165) is 18.7 Å². The molecule has 0 aliphatic carbocycles. The van der Waals surface area contributed by atoms with Crippen molar-refractivity contribution in [3.05, 3.63) is 34.5 Å². The molecule has 0 aromatic carbocycles. The van der Waals surface area contributed by atoms with E-state index in [4.69, 9.17) is 0 Å². The molecule has 2 rings (SSSR count). The van der Waals surface area contributed by atoms with Crippen molar-refractivity contribution in [3.8, 4) is 0 Å². The Hall–Kier alpha value is -1.38.